The molecule has 1 heterocycles. The summed E-state index contributed by atoms with van der Waals surface area (Å²) in [4.78, 5) is 36.2. The highest BCUT2D eigenvalue weighted by Crippen LogP contribution is 2.24. The van der Waals surface area contributed by atoms with E-state index in [1.54, 1.807) is 4.90 Å². The molecule has 2 rings (SSSR count). The summed E-state index contributed by atoms with van der Waals surface area (Å²) in [6, 6.07) is 3.62. The Morgan fingerprint density at radius 2 is 1.96 bits per heavy atom. The van der Waals surface area contributed by atoms with Crippen molar-refractivity contribution >= 4 is 29.2 Å². The van der Waals surface area contributed by atoms with Crippen LogP contribution in [0, 0.1) is 22.0 Å². The number of likely N-dealkylation sites (tertiary alicyclic amines) is 1. The van der Waals surface area contributed by atoms with Gasteiger partial charge in [-0.2, -0.15) is 0 Å². The minimum absolute atomic E-state index is 0.178. The average molecular weight is 355 g/mol. The van der Waals surface area contributed by atoms with E-state index in [2.05, 4.69) is 13.8 Å². The zero-order valence-corrected chi connectivity index (χ0v) is 14.3. The van der Waals surface area contributed by atoms with Gasteiger partial charge in [-0.15, -0.1) is 0 Å². The Hall–Kier alpha value is -2.15. The van der Waals surface area contributed by atoms with Crippen molar-refractivity contribution in [2.75, 3.05) is 19.7 Å². The fourth-order valence-electron chi connectivity index (χ4n) is 2.99. The van der Waals surface area contributed by atoms with Gasteiger partial charge in [0.2, 0.25) is 0 Å². The van der Waals surface area contributed by atoms with Crippen LogP contribution in [0.15, 0.2) is 18.2 Å². The van der Waals surface area contributed by atoms with E-state index in [1.165, 1.54) is 6.07 Å². The van der Waals surface area contributed by atoms with Crippen LogP contribution in [0.3, 0.4) is 0 Å². The van der Waals surface area contributed by atoms with Crippen LogP contribution in [0.2, 0.25) is 5.02 Å². The van der Waals surface area contributed by atoms with Crippen LogP contribution in [0.1, 0.15) is 30.6 Å². The largest absolute Gasteiger partial charge is 0.452 e. The standard InChI is InChI=1S/C16H19ClN2O5/c1-10-5-11(2)8-18(7-10)15(20)9-24-16(21)13-6-12(17)3-4-14(13)19(22)23/h3-4,6,10-11H,5,7-9H2,1-2H3/t10-,11+. The molecule has 7 nitrogen and oxygen atoms in total. The SMILES string of the molecule is C[C@@H]1C[C@H](C)CN(C(=O)COC(=O)c2cc(Cl)ccc2[N+](=O)[O-])C1. The molecule has 1 aliphatic heterocycles. The number of hydrogen-bond acceptors (Lipinski definition) is 5. The van der Waals surface area contributed by atoms with E-state index in [0.29, 0.717) is 24.9 Å². The van der Waals surface area contributed by atoms with E-state index >= 15 is 0 Å². The number of carbonyl (C=O) groups is 2. The molecule has 0 spiro atoms. The van der Waals surface area contributed by atoms with Gasteiger partial charge in [-0.05, 0) is 30.4 Å². The second-order valence-electron chi connectivity index (χ2n) is 6.24. The monoisotopic (exact) mass is 354 g/mol. The number of nitro groups is 1. The zero-order chi connectivity index (χ0) is 17.9. The number of piperidine rings is 1. The molecule has 0 N–H and O–H groups in total. The molecule has 0 radical (unpaired) electrons. The van der Waals surface area contributed by atoms with Crippen LogP contribution in [0.5, 0.6) is 0 Å². The summed E-state index contributed by atoms with van der Waals surface area (Å²) in [6.07, 6.45) is 1.05. The molecule has 1 aromatic carbocycles. The van der Waals surface area contributed by atoms with E-state index in [1.807, 2.05) is 0 Å². The molecule has 130 valence electrons. The topological polar surface area (TPSA) is 89.8 Å². The molecule has 0 bridgehead atoms. The van der Waals surface area contributed by atoms with Gasteiger partial charge in [0.15, 0.2) is 6.61 Å². The van der Waals surface area contributed by atoms with E-state index in [0.717, 1.165) is 18.6 Å². The van der Waals surface area contributed by atoms with Crippen LogP contribution >= 0.6 is 11.6 Å². The molecule has 1 saturated heterocycles. The number of nitrogens with zero attached hydrogens (tertiary/aromatic N) is 2. The lowest BCUT2D eigenvalue weighted by Crippen LogP contribution is -2.44. The minimum atomic E-state index is -0.935. The van der Waals surface area contributed by atoms with Gasteiger partial charge in [-0.1, -0.05) is 25.4 Å². The molecule has 0 aliphatic carbocycles. The Morgan fingerprint density at radius 3 is 2.54 bits per heavy atom. The molecule has 0 unspecified atom stereocenters. The zero-order valence-electron chi connectivity index (χ0n) is 13.5. The molecule has 1 fully saturated rings. The molecule has 2 atom stereocenters. The van der Waals surface area contributed by atoms with Crippen LogP contribution in [-0.2, 0) is 9.53 Å². The summed E-state index contributed by atoms with van der Waals surface area (Å²) in [5.74, 6) is -0.452. The lowest BCUT2D eigenvalue weighted by Gasteiger charge is -2.34. The number of hydrogen-bond donors (Lipinski definition) is 0. The fraction of sp³-hybridized carbons (Fsp3) is 0.500. The third kappa shape index (κ3) is 4.44. The van der Waals surface area contributed by atoms with Crippen molar-refractivity contribution in [3.63, 3.8) is 0 Å². The maximum absolute atomic E-state index is 12.2. The maximum atomic E-state index is 12.2. The Labute approximate surface area is 144 Å². The number of esters is 1. The van der Waals surface area contributed by atoms with Gasteiger partial charge in [-0.25, -0.2) is 4.79 Å². The predicted octanol–water partition coefficient (Wildman–Crippen LogP) is 2.91. The maximum Gasteiger partial charge on any atom is 0.345 e. The Balaban J connectivity index is 2.02. The first-order valence-electron chi connectivity index (χ1n) is 7.66. The molecule has 0 saturated carbocycles. The predicted molar refractivity (Wildman–Crippen MR) is 87.9 cm³/mol. The van der Waals surface area contributed by atoms with Gasteiger partial charge in [0, 0.05) is 24.2 Å². The van der Waals surface area contributed by atoms with E-state index in [9.17, 15) is 19.7 Å². The molecule has 1 amide bonds. The Morgan fingerprint density at radius 1 is 1.33 bits per heavy atom. The summed E-state index contributed by atoms with van der Waals surface area (Å²) in [6.45, 7) is 4.94. The van der Waals surface area contributed by atoms with E-state index in [4.69, 9.17) is 16.3 Å². The highest BCUT2D eigenvalue weighted by molar-refractivity contribution is 6.31. The van der Waals surface area contributed by atoms with Gasteiger partial charge in [-0.3, -0.25) is 14.9 Å². The molecule has 8 heteroatoms. The Bertz CT molecular complexity index is 654. The molecule has 24 heavy (non-hydrogen) atoms. The molecule has 1 aromatic rings. The van der Waals surface area contributed by atoms with Crippen molar-refractivity contribution < 1.29 is 19.2 Å². The number of halogens is 1. The van der Waals surface area contributed by atoms with Crippen molar-refractivity contribution in [3.8, 4) is 0 Å². The quantitative estimate of drug-likeness (QED) is 0.471. The van der Waals surface area contributed by atoms with Gasteiger partial charge < -0.3 is 9.64 Å². The van der Waals surface area contributed by atoms with E-state index < -0.39 is 23.2 Å². The van der Waals surface area contributed by atoms with Crippen LogP contribution < -0.4 is 0 Å². The average Bonchev–Trinajstić information content (AvgIpc) is 2.50. The summed E-state index contributed by atoms with van der Waals surface area (Å²) in [5.41, 5.74) is -0.669. The molecular formula is C16H19ClN2O5. The third-order valence-electron chi connectivity index (χ3n) is 3.92. The summed E-state index contributed by atoms with van der Waals surface area (Å²) in [7, 11) is 0. The van der Waals surface area contributed by atoms with Gasteiger partial charge in [0.1, 0.15) is 5.56 Å². The summed E-state index contributed by atoms with van der Waals surface area (Å²) >= 11 is 5.78. The summed E-state index contributed by atoms with van der Waals surface area (Å²) < 4.78 is 4.97. The second-order valence-corrected chi connectivity index (χ2v) is 6.68. The third-order valence-corrected chi connectivity index (χ3v) is 4.16. The second kappa shape index (κ2) is 7.61. The van der Waals surface area contributed by atoms with Gasteiger partial charge in [0.05, 0.1) is 4.92 Å². The highest BCUT2D eigenvalue weighted by Gasteiger charge is 2.27. The Kier molecular flexibility index (Phi) is 5.77. The lowest BCUT2D eigenvalue weighted by molar-refractivity contribution is -0.385. The number of rotatable bonds is 4. The number of amides is 1. The van der Waals surface area contributed by atoms with Crippen LogP contribution in [-0.4, -0.2) is 41.4 Å². The first-order chi connectivity index (χ1) is 11.3. The number of carbonyl (C=O) groups excluding carboxylic acids is 2. The minimum Gasteiger partial charge on any atom is -0.452 e. The van der Waals surface area contributed by atoms with Crippen LogP contribution in [0.25, 0.3) is 0 Å². The first-order valence-corrected chi connectivity index (χ1v) is 8.04. The molecular weight excluding hydrogens is 336 g/mol. The normalized spacial score (nSPS) is 20.5. The van der Waals surface area contributed by atoms with E-state index in [-0.39, 0.29) is 16.5 Å². The highest BCUT2D eigenvalue weighted by atomic mass is 35.5. The number of nitro benzene ring substituents is 1. The number of benzene rings is 1. The van der Waals surface area contributed by atoms with Gasteiger partial charge >= 0.3 is 5.97 Å². The first kappa shape index (κ1) is 18.2. The van der Waals surface area contributed by atoms with Crippen molar-refractivity contribution in [2.45, 2.75) is 20.3 Å². The van der Waals surface area contributed by atoms with Crippen molar-refractivity contribution in [1.29, 1.82) is 0 Å². The molecule has 1 aliphatic rings. The molecule has 0 aromatic heterocycles. The van der Waals surface area contributed by atoms with Gasteiger partial charge in [0.25, 0.3) is 11.6 Å². The fourth-order valence-corrected chi connectivity index (χ4v) is 3.17. The summed E-state index contributed by atoms with van der Waals surface area (Å²) in [5, 5.41) is 11.2. The van der Waals surface area contributed by atoms with Crippen LogP contribution in [0.4, 0.5) is 5.69 Å². The smallest absolute Gasteiger partial charge is 0.345 e. The lowest BCUT2D eigenvalue weighted by atomic mass is 9.92. The number of ether oxygens (including phenoxy) is 1. The van der Waals surface area contributed by atoms with Crippen molar-refractivity contribution in [2.24, 2.45) is 11.8 Å². The van der Waals surface area contributed by atoms with Crippen molar-refractivity contribution in [3.05, 3.63) is 38.9 Å². The van der Waals surface area contributed by atoms with Crippen molar-refractivity contribution in [1.82, 2.24) is 4.90 Å².